The van der Waals surface area contributed by atoms with E-state index in [2.05, 4.69) is 15.3 Å². The van der Waals surface area contributed by atoms with E-state index in [4.69, 9.17) is 9.15 Å². The quantitative estimate of drug-likeness (QED) is 0.612. The number of fused-ring (bicyclic) bond motifs is 3. The molecule has 0 amide bonds. The van der Waals surface area contributed by atoms with Gasteiger partial charge in [-0.2, -0.15) is 13.8 Å². The van der Waals surface area contributed by atoms with E-state index in [9.17, 15) is 13.9 Å². The average molecular weight is 436 g/mol. The molecule has 2 N–H and O–H groups in total. The standard InChI is InChI=1S/C20H22F2N4O3S/c1-10(2)17(27)20(21,22)29-14-4-3-13(18-23-5-6-30-18)16-15(14)25-19(28-16)26-8-11-7-12(9-26)24-11/h3-6,10-12,17,24,27H,7-9H2,1-2H3. The smallest absolute Gasteiger partial charge is 0.424 e. The Labute approximate surface area is 175 Å². The molecule has 0 spiro atoms. The van der Waals surface area contributed by atoms with Crippen molar-refractivity contribution in [2.45, 2.75) is 44.6 Å². The van der Waals surface area contributed by atoms with Gasteiger partial charge in [0.15, 0.2) is 23.0 Å². The van der Waals surface area contributed by atoms with Crippen LogP contribution in [-0.4, -0.2) is 52.5 Å². The Balaban J connectivity index is 1.57. The number of oxazole rings is 1. The Bertz CT molecular complexity index is 1040. The van der Waals surface area contributed by atoms with Crippen molar-refractivity contribution in [2.24, 2.45) is 5.92 Å². The summed E-state index contributed by atoms with van der Waals surface area (Å²) in [7, 11) is 0. The summed E-state index contributed by atoms with van der Waals surface area (Å²) < 4.78 is 40.1. The molecule has 2 aromatic heterocycles. The van der Waals surface area contributed by atoms with Crippen LogP contribution in [0.5, 0.6) is 5.75 Å². The van der Waals surface area contributed by atoms with Crippen LogP contribution in [0, 0.1) is 5.92 Å². The molecule has 3 fully saturated rings. The largest absolute Gasteiger partial charge is 0.428 e. The topological polar surface area (TPSA) is 83.7 Å². The molecule has 3 aromatic rings. The zero-order chi connectivity index (χ0) is 21.0. The second-order valence-electron chi connectivity index (χ2n) is 8.18. The second kappa shape index (κ2) is 7.14. The lowest BCUT2D eigenvalue weighted by atomic mass is 9.92. The molecule has 3 aliphatic heterocycles. The number of anilines is 1. The van der Waals surface area contributed by atoms with Crippen molar-refractivity contribution in [3.05, 3.63) is 23.7 Å². The van der Waals surface area contributed by atoms with Crippen molar-refractivity contribution in [1.82, 2.24) is 15.3 Å². The highest BCUT2D eigenvalue weighted by Crippen LogP contribution is 2.40. The van der Waals surface area contributed by atoms with E-state index in [-0.39, 0.29) is 11.3 Å². The first-order chi connectivity index (χ1) is 14.3. The molecule has 3 saturated heterocycles. The van der Waals surface area contributed by atoms with Gasteiger partial charge in [-0.3, -0.25) is 0 Å². The zero-order valence-electron chi connectivity index (χ0n) is 16.5. The van der Waals surface area contributed by atoms with Crippen LogP contribution in [0.4, 0.5) is 14.8 Å². The molecule has 3 unspecified atom stereocenters. The molecular formula is C20H22F2N4O3S. The number of hydrogen-bond donors (Lipinski definition) is 2. The fourth-order valence-electron chi connectivity index (χ4n) is 3.98. The molecule has 30 heavy (non-hydrogen) atoms. The normalized spacial score (nSPS) is 22.4. The van der Waals surface area contributed by atoms with Crippen LogP contribution in [0.2, 0.25) is 0 Å². The van der Waals surface area contributed by atoms with Crippen LogP contribution in [0.15, 0.2) is 28.1 Å². The Kier molecular flexibility index (Phi) is 4.68. The van der Waals surface area contributed by atoms with Gasteiger partial charge in [0.2, 0.25) is 0 Å². The molecule has 3 aliphatic rings. The molecule has 0 aliphatic carbocycles. The van der Waals surface area contributed by atoms with Crippen molar-refractivity contribution >= 4 is 28.5 Å². The van der Waals surface area contributed by atoms with Crippen LogP contribution in [0.3, 0.4) is 0 Å². The fourth-order valence-corrected chi connectivity index (χ4v) is 4.64. The van der Waals surface area contributed by atoms with Crippen molar-refractivity contribution in [3.63, 3.8) is 0 Å². The summed E-state index contributed by atoms with van der Waals surface area (Å²) >= 11 is 1.42. The summed E-state index contributed by atoms with van der Waals surface area (Å²) in [6.07, 6.45) is -2.92. The first-order valence-electron chi connectivity index (χ1n) is 9.91. The molecule has 6 rings (SSSR count). The third-order valence-corrected chi connectivity index (χ3v) is 6.38. The number of aliphatic hydroxyl groups excluding tert-OH is 1. The van der Waals surface area contributed by atoms with Gasteiger partial charge in [0.25, 0.3) is 6.01 Å². The predicted octanol–water partition coefficient (Wildman–Crippen LogP) is 3.49. The van der Waals surface area contributed by atoms with E-state index in [0.29, 0.717) is 34.3 Å². The van der Waals surface area contributed by atoms with Gasteiger partial charge in [0.05, 0.1) is 5.56 Å². The number of halogens is 2. The van der Waals surface area contributed by atoms with Gasteiger partial charge >= 0.3 is 6.11 Å². The number of thiazole rings is 1. The van der Waals surface area contributed by atoms with E-state index < -0.39 is 18.1 Å². The van der Waals surface area contributed by atoms with Crippen molar-refractivity contribution in [3.8, 4) is 16.3 Å². The van der Waals surface area contributed by atoms with Crippen molar-refractivity contribution in [1.29, 1.82) is 0 Å². The Morgan fingerprint density at radius 1 is 1.33 bits per heavy atom. The van der Waals surface area contributed by atoms with Gasteiger partial charge in [-0.05, 0) is 24.5 Å². The van der Waals surface area contributed by atoms with Gasteiger partial charge in [-0.1, -0.05) is 13.8 Å². The SMILES string of the molecule is CC(C)C(O)C(F)(F)Oc1ccc(-c2nccs2)c2oc(N3CC4CC(C3)N4)nc12. The average Bonchev–Trinajstić information content (AvgIpc) is 3.37. The number of piperazine rings is 1. The first kappa shape index (κ1) is 19.7. The van der Waals surface area contributed by atoms with Gasteiger partial charge < -0.3 is 24.5 Å². The van der Waals surface area contributed by atoms with E-state index >= 15 is 0 Å². The zero-order valence-corrected chi connectivity index (χ0v) is 17.3. The summed E-state index contributed by atoms with van der Waals surface area (Å²) in [6, 6.07) is 4.22. The Morgan fingerprint density at radius 3 is 2.70 bits per heavy atom. The van der Waals surface area contributed by atoms with Crippen LogP contribution in [0.25, 0.3) is 21.7 Å². The number of ether oxygens (including phenoxy) is 1. The lowest BCUT2D eigenvalue weighted by Crippen LogP contribution is -2.67. The van der Waals surface area contributed by atoms with Crippen LogP contribution < -0.4 is 15.0 Å². The number of aromatic nitrogens is 2. The number of nitrogens with one attached hydrogen (secondary N) is 1. The molecule has 5 heterocycles. The number of piperidine rings is 1. The van der Waals surface area contributed by atoms with Crippen LogP contribution in [0.1, 0.15) is 20.3 Å². The minimum atomic E-state index is -3.76. The van der Waals surface area contributed by atoms with Gasteiger partial charge in [0, 0.05) is 36.8 Å². The highest BCUT2D eigenvalue weighted by atomic mass is 32.1. The first-order valence-corrected chi connectivity index (χ1v) is 10.8. The molecule has 1 aromatic carbocycles. The molecule has 7 nitrogen and oxygen atoms in total. The third kappa shape index (κ3) is 3.32. The number of rotatable bonds is 6. The Morgan fingerprint density at radius 2 is 2.07 bits per heavy atom. The minimum absolute atomic E-state index is 0.134. The molecule has 160 valence electrons. The lowest BCUT2D eigenvalue weighted by molar-refractivity contribution is -0.249. The minimum Gasteiger partial charge on any atom is -0.428 e. The van der Waals surface area contributed by atoms with Crippen LogP contribution >= 0.6 is 11.3 Å². The number of aliphatic hydroxyl groups is 1. The molecule has 2 bridgehead atoms. The van der Waals surface area contributed by atoms with E-state index in [1.54, 1.807) is 12.3 Å². The van der Waals surface area contributed by atoms with E-state index in [0.717, 1.165) is 19.5 Å². The molecular weight excluding hydrogens is 414 g/mol. The summed E-state index contributed by atoms with van der Waals surface area (Å²) in [5, 5.41) is 15.9. The third-order valence-electron chi connectivity index (χ3n) is 5.57. The maximum Gasteiger partial charge on any atom is 0.424 e. The number of nitrogens with zero attached hydrogens (tertiary/aromatic N) is 3. The molecule has 3 atom stereocenters. The molecule has 0 radical (unpaired) electrons. The number of alkyl halides is 2. The second-order valence-corrected chi connectivity index (χ2v) is 9.07. The number of benzene rings is 1. The summed E-state index contributed by atoms with van der Waals surface area (Å²) in [4.78, 5) is 10.8. The maximum absolute atomic E-state index is 14.5. The maximum atomic E-state index is 14.5. The molecule has 10 heteroatoms. The van der Waals surface area contributed by atoms with Crippen molar-refractivity contribution < 1.29 is 23.0 Å². The Hall–Kier alpha value is -2.30. The summed E-state index contributed by atoms with van der Waals surface area (Å²) in [6.45, 7) is 4.50. The fraction of sp³-hybridized carbons (Fsp3) is 0.500. The monoisotopic (exact) mass is 436 g/mol. The summed E-state index contributed by atoms with van der Waals surface area (Å²) in [5.74, 6) is -0.809. The summed E-state index contributed by atoms with van der Waals surface area (Å²) in [5.41, 5.74) is 1.21. The van der Waals surface area contributed by atoms with Crippen molar-refractivity contribution in [2.75, 3.05) is 18.0 Å². The van der Waals surface area contributed by atoms with Gasteiger partial charge in [-0.25, -0.2) is 4.98 Å². The lowest BCUT2D eigenvalue weighted by Gasteiger charge is -2.47. The van der Waals surface area contributed by atoms with Gasteiger partial charge in [0.1, 0.15) is 5.01 Å². The van der Waals surface area contributed by atoms with E-state index in [1.165, 1.54) is 31.3 Å². The predicted molar refractivity (Wildman–Crippen MR) is 109 cm³/mol. The van der Waals surface area contributed by atoms with E-state index in [1.807, 2.05) is 10.3 Å². The van der Waals surface area contributed by atoms with Crippen LogP contribution in [-0.2, 0) is 0 Å². The highest BCUT2D eigenvalue weighted by Gasteiger charge is 2.44. The van der Waals surface area contributed by atoms with Gasteiger partial charge in [-0.15, -0.1) is 11.3 Å². The number of hydrogen-bond acceptors (Lipinski definition) is 8. The highest BCUT2D eigenvalue weighted by molar-refractivity contribution is 7.13. The molecule has 0 saturated carbocycles.